The summed E-state index contributed by atoms with van der Waals surface area (Å²) in [6.45, 7) is 1.86. The van der Waals surface area contributed by atoms with Gasteiger partial charge in [-0.05, 0) is 13.0 Å². The number of carboxylic acid groups (broad SMARTS) is 1. The lowest BCUT2D eigenvalue weighted by molar-refractivity contribution is -0.137. The third-order valence-corrected chi connectivity index (χ3v) is 4.25. The van der Waals surface area contributed by atoms with Crippen LogP contribution in [-0.2, 0) is 4.79 Å². The van der Waals surface area contributed by atoms with E-state index in [4.69, 9.17) is 4.99 Å². The number of benzene rings is 2. The molecule has 25 heavy (non-hydrogen) atoms. The highest BCUT2D eigenvalue weighted by Gasteiger charge is 2.29. The molecule has 0 spiro atoms. The van der Waals surface area contributed by atoms with Crippen molar-refractivity contribution in [2.45, 2.75) is 19.4 Å². The van der Waals surface area contributed by atoms with Gasteiger partial charge in [-0.1, -0.05) is 48.5 Å². The fraction of sp³-hybridized carbons (Fsp3) is 0.158. The topological polar surface area (TPSA) is 80.4 Å². The molecule has 1 N–H and O–H groups in total. The summed E-state index contributed by atoms with van der Waals surface area (Å²) in [5.41, 5.74) is 3.57. The zero-order chi connectivity index (χ0) is 17.4. The van der Waals surface area contributed by atoms with Gasteiger partial charge in [-0.2, -0.15) is 0 Å². The van der Waals surface area contributed by atoms with Crippen LogP contribution in [0.5, 0.6) is 0 Å². The van der Waals surface area contributed by atoms with E-state index in [0.29, 0.717) is 11.6 Å². The van der Waals surface area contributed by atoms with Crippen molar-refractivity contribution in [1.29, 1.82) is 0 Å². The van der Waals surface area contributed by atoms with Gasteiger partial charge in [0.05, 0.1) is 17.8 Å². The molecule has 6 nitrogen and oxygen atoms in total. The van der Waals surface area contributed by atoms with E-state index in [2.05, 4.69) is 10.2 Å². The highest BCUT2D eigenvalue weighted by atomic mass is 16.4. The van der Waals surface area contributed by atoms with Gasteiger partial charge in [-0.3, -0.25) is 14.4 Å². The molecule has 124 valence electrons. The maximum absolute atomic E-state index is 11.4. The number of aliphatic imine (C=N–C) groups is 1. The van der Waals surface area contributed by atoms with Crippen LogP contribution in [0.3, 0.4) is 0 Å². The molecule has 0 bridgehead atoms. The summed E-state index contributed by atoms with van der Waals surface area (Å²) < 4.78 is 1.91. The molecule has 3 aromatic rings. The Morgan fingerprint density at radius 1 is 1.08 bits per heavy atom. The Morgan fingerprint density at radius 2 is 1.80 bits per heavy atom. The van der Waals surface area contributed by atoms with Crippen LogP contribution in [0.2, 0.25) is 0 Å². The first kappa shape index (κ1) is 15.3. The molecule has 0 saturated heterocycles. The molecule has 0 unspecified atom stereocenters. The van der Waals surface area contributed by atoms with E-state index in [9.17, 15) is 9.90 Å². The summed E-state index contributed by atoms with van der Waals surface area (Å²) in [6, 6.07) is 17.1. The van der Waals surface area contributed by atoms with Crippen molar-refractivity contribution in [2.75, 3.05) is 0 Å². The van der Waals surface area contributed by atoms with E-state index in [1.165, 1.54) is 0 Å². The molecule has 1 aliphatic rings. The maximum atomic E-state index is 11.4. The molecule has 1 atom stereocenters. The van der Waals surface area contributed by atoms with Crippen LogP contribution in [0.1, 0.15) is 35.2 Å². The Kier molecular flexibility index (Phi) is 3.65. The molecular weight excluding hydrogens is 316 g/mol. The Morgan fingerprint density at radius 3 is 2.56 bits per heavy atom. The molecule has 1 aliphatic heterocycles. The fourth-order valence-corrected chi connectivity index (χ4v) is 3.17. The quantitative estimate of drug-likeness (QED) is 0.799. The number of hydrogen-bond acceptors (Lipinski definition) is 4. The van der Waals surface area contributed by atoms with Gasteiger partial charge in [0.1, 0.15) is 11.9 Å². The van der Waals surface area contributed by atoms with E-state index >= 15 is 0 Å². The van der Waals surface area contributed by atoms with Gasteiger partial charge in [0.25, 0.3) is 0 Å². The minimum Gasteiger partial charge on any atom is -0.481 e. The molecule has 0 saturated carbocycles. The van der Waals surface area contributed by atoms with Crippen LogP contribution in [-0.4, -0.2) is 31.6 Å². The Balaban J connectivity index is 2.01. The van der Waals surface area contributed by atoms with Crippen molar-refractivity contribution in [3.63, 3.8) is 0 Å². The minimum absolute atomic E-state index is 0.136. The van der Waals surface area contributed by atoms with Crippen molar-refractivity contribution in [2.24, 2.45) is 4.99 Å². The number of carbonyl (C=O) groups is 1. The van der Waals surface area contributed by atoms with Gasteiger partial charge in [-0.25, -0.2) is 0 Å². The van der Waals surface area contributed by atoms with Crippen LogP contribution in [0.4, 0.5) is 0 Å². The van der Waals surface area contributed by atoms with E-state index in [1.807, 2.05) is 66.1 Å². The second kappa shape index (κ2) is 5.98. The predicted octanol–water partition coefficient (Wildman–Crippen LogP) is 2.94. The number of aliphatic carboxylic acids is 1. The van der Waals surface area contributed by atoms with Crippen LogP contribution in [0, 0.1) is 6.92 Å². The predicted molar refractivity (Wildman–Crippen MR) is 93.2 cm³/mol. The SMILES string of the molecule is Cc1nnc2n1-c1ccccc1C(c1ccccc1)=N[C@H]2CC(=O)O. The van der Waals surface area contributed by atoms with Gasteiger partial charge < -0.3 is 5.11 Å². The lowest BCUT2D eigenvalue weighted by atomic mass is 10.0. The molecule has 0 fully saturated rings. The van der Waals surface area contributed by atoms with Crippen molar-refractivity contribution in [3.8, 4) is 5.69 Å². The summed E-state index contributed by atoms with van der Waals surface area (Å²) >= 11 is 0. The van der Waals surface area contributed by atoms with Crippen molar-refractivity contribution >= 4 is 11.7 Å². The number of aromatic nitrogens is 3. The van der Waals surface area contributed by atoms with Gasteiger partial charge in [0, 0.05) is 11.1 Å². The molecule has 6 heteroatoms. The highest BCUT2D eigenvalue weighted by Crippen LogP contribution is 2.32. The van der Waals surface area contributed by atoms with Crippen molar-refractivity contribution in [1.82, 2.24) is 14.8 Å². The number of para-hydroxylation sites is 1. The number of carboxylic acids is 1. The van der Waals surface area contributed by atoms with Crippen LogP contribution in [0.15, 0.2) is 59.6 Å². The van der Waals surface area contributed by atoms with Crippen molar-refractivity contribution in [3.05, 3.63) is 77.4 Å². The minimum atomic E-state index is -0.917. The lowest BCUT2D eigenvalue weighted by Crippen LogP contribution is -2.10. The highest BCUT2D eigenvalue weighted by molar-refractivity contribution is 6.15. The first-order valence-corrected chi connectivity index (χ1v) is 8.02. The molecule has 2 aromatic carbocycles. The first-order valence-electron chi connectivity index (χ1n) is 8.02. The number of aryl methyl sites for hydroxylation is 1. The van der Waals surface area contributed by atoms with Gasteiger partial charge in [0.15, 0.2) is 5.82 Å². The van der Waals surface area contributed by atoms with Gasteiger partial charge in [0.2, 0.25) is 0 Å². The van der Waals surface area contributed by atoms with Gasteiger partial charge >= 0.3 is 5.97 Å². The Labute approximate surface area is 144 Å². The number of rotatable bonds is 3. The summed E-state index contributed by atoms with van der Waals surface area (Å²) in [5, 5.41) is 17.7. The molecule has 0 aliphatic carbocycles. The second-order valence-electron chi connectivity index (χ2n) is 5.92. The summed E-state index contributed by atoms with van der Waals surface area (Å²) in [5.74, 6) is 0.347. The zero-order valence-corrected chi connectivity index (χ0v) is 13.6. The van der Waals surface area contributed by atoms with Crippen molar-refractivity contribution < 1.29 is 9.90 Å². The van der Waals surface area contributed by atoms with Crippen LogP contribution < -0.4 is 0 Å². The molecule has 0 amide bonds. The Bertz CT molecular complexity index is 976. The molecular formula is C19H16N4O2. The normalized spacial score (nSPS) is 15.7. The third-order valence-electron chi connectivity index (χ3n) is 4.25. The standard InChI is InChI=1S/C19H16N4O2/c1-12-21-22-19-15(11-17(24)25)20-18(13-7-3-2-4-8-13)14-9-5-6-10-16(14)23(12)19/h2-10,15H,11H2,1H3,(H,24,25)/t15-/m0/s1. The molecule has 0 radical (unpaired) electrons. The average molecular weight is 332 g/mol. The van der Waals surface area contributed by atoms with E-state index < -0.39 is 12.0 Å². The van der Waals surface area contributed by atoms with E-state index in [-0.39, 0.29) is 6.42 Å². The largest absolute Gasteiger partial charge is 0.481 e. The van der Waals surface area contributed by atoms with Crippen LogP contribution in [0.25, 0.3) is 5.69 Å². The average Bonchev–Trinajstić information content (AvgIpc) is 2.94. The van der Waals surface area contributed by atoms with E-state index in [0.717, 1.165) is 22.5 Å². The summed E-state index contributed by atoms with van der Waals surface area (Å²) in [4.78, 5) is 16.2. The molecule has 1 aromatic heterocycles. The smallest absolute Gasteiger partial charge is 0.306 e. The fourth-order valence-electron chi connectivity index (χ4n) is 3.17. The monoisotopic (exact) mass is 332 g/mol. The number of fused-ring (bicyclic) bond motifs is 3. The zero-order valence-electron chi connectivity index (χ0n) is 13.6. The Hall–Kier alpha value is -3.28. The molecule has 2 heterocycles. The molecule has 4 rings (SSSR count). The number of nitrogens with zero attached hydrogens (tertiary/aromatic N) is 4. The lowest BCUT2D eigenvalue weighted by Gasteiger charge is -2.12. The number of hydrogen-bond donors (Lipinski definition) is 1. The third kappa shape index (κ3) is 2.61. The summed E-state index contributed by atoms with van der Waals surface area (Å²) in [7, 11) is 0. The first-order chi connectivity index (χ1) is 12.1. The summed E-state index contributed by atoms with van der Waals surface area (Å²) in [6.07, 6.45) is -0.136. The van der Waals surface area contributed by atoms with E-state index in [1.54, 1.807) is 0 Å². The second-order valence-corrected chi connectivity index (χ2v) is 5.92. The van der Waals surface area contributed by atoms with Gasteiger partial charge in [-0.15, -0.1) is 10.2 Å². The maximum Gasteiger partial charge on any atom is 0.306 e. The van der Waals surface area contributed by atoms with Crippen LogP contribution >= 0.6 is 0 Å².